The van der Waals surface area contributed by atoms with Crippen molar-refractivity contribution in [2.24, 2.45) is 4.99 Å². The number of nitrogens with zero attached hydrogens (tertiary/aromatic N) is 1. The maximum atomic E-state index is 5.26. The molecule has 0 atom stereocenters. The molecule has 0 aliphatic carbocycles. The summed E-state index contributed by atoms with van der Waals surface area (Å²) in [6.07, 6.45) is 6.99. The Labute approximate surface area is 66.4 Å². The van der Waals surface area contributed by atoms with Gasteiger partial charge in [-0.1, -0.05) is 5.92 Å². The van der Waals surface area contributed by atoms with Gasteiger partial charge >= 0.3 is 0 Å². The summed E-state index contributed by atoms with van der Waals surface area (Å²) in [5.74, 6) is 2.58. The van der Waals surface area contributed by atoms with Gasteiger partial charge in [-0.05, 0) is 13.0 Å². The fourth-order valence-corrected chi connectivity index (χ4v) is 0.960. The van der Waals surface area contributed by atoms with Gasteiger partial charge in [-0.2, -0.15) is 0 Å². The van der Waals surface area contributed by atoms with Crippen molar-refractivity contribution < 1.29 is 0 Å². The zero-order valence-corrected chi connectivity index (χ0v) is 6.68. The van der Waals surface area contributed by atoms with Crippen LogP contribution in [0.25, 0.3) is 0 Å². The molecule has 0 bridgehead atoms. The first-order valence-corrected chi connectivity index (χ1v) is 3.36. The van der Waals surface area contributed by atoms with Crippen LogP contribution >= 0.6 is 0 Å². The summed E-state index contributed by atoms with van der Waals surface area (Å²) in [6.45, 7) is 1.97. The Balaban J connectivity index is 3.14. The lowest BCUT2D eigenvalue weighted by Crippen LogP contribution is -1.84. The van der Waals surface area contributed by atoms with Gasteiger partial charge in [0.2, 0.25) is 0 Å². The van der Waals surface area contributed by atoms with Gasteiger partial charge in [0.1, 0.15) is 0 Å². The molecular formula is C9H10N2. The average Bonchev–Trinajstić information content (AvgIpc) is 2.32. The molecule has 0 unspecified atom stereocenters. The summed E-state index contributed by atoms with van der Waals surface area (Å²) in [7, 11) is 1.72. The molecule has 2 nitrogen and oxygen atoms in total. The van der Waals surface area contributed by atoms with E-state index in [1.165, 1.54) is 0 Å². The summed E-state index contributed by atoms with van der Waals surface area (Å²) in [5.41, 5.74) is 2.84. The van der Waals surface area contributed by atoms with E-state index in [4.69, 9.17) is 6.42 Å². The van der Waals surface area contributed by atoms with Crippen LogP contribution in [0.5, 0.6) is 0 Å². The molecule has 11 heavy (non-hydrogen) atoms. The van der Waals surface area contributed by atoms with Crippen LogP contribution < -0.4 is 0 Å². The van der Waals surface area contributed by atoms with Crippen LogP contribution in [0.4, 0.5) is 0 Å². The van der Waals surface area contributed by atoms with E-state index in [1.54, 1.807) is 13.3 Å². The first-order valence-electron chi connectivity index (χ1n) is 3.36. The largest absolute Gasteiger partial charge is 0.357 e. The SMILES string of the molecule is C#Cc1cc(C)[nH]c1C=NC. The minimum atomic E-state index is 0.869. The van der Waals surface area contributed by atoms with Gasteiger partial charge in [0.15, 0.2) is 0 Å². The number of terminal acetylenes is 1. The minimum Gasteiger partial charge on any atom is -0.357 e. The summed E-state index contributed by atoms with van der Waals surface area (Å²) in [4.78, 5) is 6.98. The van der Waals surface area contributed by atoms with E-state index in [-0.39, 0.29) is 0 Å². The molecule has 0 amide bonds. The fraction of sp³-hybridized carbons (Fsp3) is 0.222. The molecule has 0 spiro atoms. The maximum absolute atomic E-state index is 5.26. The van der Waals surface area contributed by atoms with Crippen molar-refractivity contribution in [3.8, 4) is 12.3 Å². The lowest BCUT2D eigenvalue weighted by Gasteiger charge is -1.85. The molecule has 0 aromatic carbocycles. The lowest BCUT2D eigenvalue weighted by atomic mass is 10.2. The van der Waals surface area contributed by atoms with Crippen molar-refractivity contribution in [2.45, 2.75) is 6.92 Å². The second-order valence-corrected chi connectivity index (χ2v) is 2.31. The number of hydrogen-bond donors (Lipinski definition) is 1. The highest BCUT2D eigenvalue weighted by atomic mass is 14.8. The molecule has 1 aromatic heterocycles. The lowest BCUT2D eigenvalue weighted by molar-refractivity contribution is 1.25. The van der Waals surface area contributed by atoms with Crippen molar-refractivity contribution in [1.82, 2.24) is 4.98 Å². The predicted octanol–water partition coefficient (Wildman–Crippen LogP) is 1.35. The van der Waals surface area contributed by atoms with E-state index in [0.29, 0.717) is 0 Å². The molecule has 1 N–H and O–H groups in total. The molecule has 56 valence electrons. The van der Waals surface area contributed by atoms with Gasteiger partial charge < -0.3 is 4.98 Å². The molecule has 0 aliphatic rings. The molecule has 1 heterocycles. The zero-order chi connectivity index (χ0) is 8.27. The van der Waals surface area contributed by atoms with Crippen LogP contribution in [0.2, 0.25) is 0 Å². The van der Waals surface area contributed by atoms with Crippen LogP contribution in [0.3, 0.4) is 0 Å². The van der Waals surface area contributed by atoms with Crippen LogP contribution in [-0.2, 0) is 0 Å². The molecule has 0 fully saturated rings. The highest BCUT2D eigenvalue weighted by Crippen LogP contribution is 2.06. The maximum Gasteiger partial charge on any atom is 0.0722 e. The molecule has 1 rings (SSSR count). The Morgan fingerprint density at radius 2 is 2.45 bits per heavy atom. The Bertz CT molecular complexity index is 313. The summed E-state index contributed by atoms with van der Waals surface area (Å²) < 4.78 is 0. The third kappa shape index (κ3) is 1.50. The first-order chi connectivity index (χ1) is 5.27. The standard InChI is InChI=1S/C9H10N2/c1-4-8-5-7(2)11-9(8)6-10-3/h1,5-6,11H,2-3H3. The van der Waals surface area contributed by atoms with Crippen molar-refractivity contribution in [3.05, 3.63) is 23.0 Å². The fourth-order valence-electron chi connectivity index (χ4n) is 0.960. The van der Waals surface area contributed by atoms with Crippen LogP contribution in [0.15, 0.2) is 11.1 Å². The highest BCUT2D eigenvalue weighted by molar-refractivity contribution is 5.81. The summed E-state index contributed by atoms with van der Waals surface area (Å²) in [5, 5.41) is 0. The number of hydrogen-bond acceptors (Lipinski definition) is 1. The van der Waals surface area contributed by atoms with E-state index in [2.05, 4.69) is 15.9 Å². The van der Waals surface area contributed by atoms with E-state index >= 15 is 0 Å². The van der Waals surface area contributed by atoms with Crippen molar-refractivity contribution >= 4 is 6.21 Å². The van der Waals surface area contributed by atoms with Gasteiger partial charge in [0.25, 0.3) is 0 Å². The number of aromatic amines is 1. The third-order valence-corrected chi connectivity index (χ3v) is 1.40. The van der Waals surface area contributed by atoms with E-state index in [1.807, 2.05) is 13.0 Å². The van der Waals surface area contributed by atoms with Gasteiger partial charge in [-0.3, -0.25) is 4.99 Å². The quantitative estimate of drug-likeness (QED) is 0.457. The topological polar surface area (TPSA) is 28.1 Å². The van der Waals surface area contributed by atoms with E-state index < -0.39 is 0 Å². The number of rotatable bonds is 1. The zero-order valence-electron chi connectivity index (χ0n) is 6.68. The smallest absolute Gasteiger partial charge is 0.0722 e. The monoisotopic (exact) mass is 146 g/mol. The van der Waals surface area contributed by atoms with Crippen LogP contribution in [-0.4, -0.2) is 18.2 Å². The Kier molecular flexibility index (Phi) is 2.12. The average molecular weight is 146 g/mol. The van der Waals surface area contributed by atoms with Crippen molar-refractivity contribution in [1.29, 1.82) is 0 Å². The van der Waals surface area contributed by atoms with Gasteiger partial charge in [-0.25, -0.2) is 0 Å². The summed E-state index contributed by atoms with van der Waals surface area (Å²) >= 11 is 0. The Morgan fingerprint density at radius 1 is 1.73 bits per heavy atom. The third-order valence-electron chi connectivity index (χ3n) is 1.40. The first kappa shape index (κ1) is 7.62. The number of aryl methyl sites for hydroxylation is 1. The Morgan fingerprint density at radius 3 is 3.00 bits per heavy atom. The van der Waals surface area contributed by atoms with Gasteiger partial charge in [-0.15, -0.1) is 6.42 Å². The van der Waals surface area contributed by atoms with E-state index in [9.17, 15) is 0 Å². The van der Waals surface area contributed by atoms with E-state index in [0.717, 1.165) is 17.0 Å². The molecule has 1 aromatic rings. The number of H-pyrrole nitrogens is 1. The minimum absolute atomic E-state index is 0.869. The van der Waals surface area contributed by atoms with Crippen LogP contribution in [0, 0.1) is 19.3 Å². The second-order valence-electron chi connectivity index (χ2n) is 2.31. The molecule has 0 aliphatic heterocycles. The van der Waals surface area contributed by atoms with Gasteiger partial charge in [0, 0.05) is 19.0 Å². The molecule has 0 saturated carbocycles. The number of aromatic nitrogens is 1. The predicted molar refractivity (Wildman–Crippen MR) is 47.0 cm³/mol. The summed E-state index contributed by atoms with van der Waals surface area (Å²) in [6, 6.07) is 1.93. The van der Waals surface area contributed by atoms with Crippen molar-refractivity contribution in [2.75, 3.05) is 7.05 Å². The Hall–Kier alpha value is -1.49. The molecular weight excluding hydrogens is 136 g/mol. The molecule has 2 heteroatoms. The van der Waals surface area contributed by atoms with Crippen molar-refractivity contribution in [3.63, 3.8) is 0 Å². The second kappa shape index (κ2) is 3.07. The van der Waals surface area contributed by atoms with Crippen LogP contribution in [0.1, 0.15) is 17.0 Å². The molecule has 0 saturated heterocycles. The normalized spacial score (nSPS) is 10.3. The molecule has 0 radical (unpaired) electrons. The number of aliphatic imine (C=N–C) groups is 1. The highest BCUT2D eigenvalue weighted by Gasteiger charge is 1.98. The number of nitrogens with one attached hydrogen (secondary N) is 1. The van der Waals surface area contributed by atoms with Gasteiger partial charge in [0.05, 0.1) is 11.3 Å².